The molecule has 1 aliphatic heterocycles. The second kappa shape index (κ2) is 4.67. The summed E-state index contributed by atoms with van der Waals surface area (Å²) in [5.74, 6) is 0.316. The predicted octanol–water partition coefficient (Wildman–Crippen LogP) is 1.18. The van der Waals surface area contributed by atoms with Crippen molar-refractivity contribution in [3.63, 3.8) is 0 Å². The van der Waals surface area contributed by atoms with Gasteiger partial charge in [0.2, 0.25) is 0 Å². The predicted molar refractivity (Wildman–Crippen MR) is 53.5 cm³/mol. The van der Waals surface area contributed by atoms with Crippen LogP contribution in [0.15, 0.2) is 0 Å². The van der Waals surface area contributed by atoms with Crippen molar-refractivity contribution in [1.82, 2.24) is 4.90 Å². The maximum atomic E-state index is 10.3. The Kier molecular flexibility index (Phi) is 3.81. The fourth-order valence-electron chi connectivity index (χ4n) is 1.03. The summed E-state index contributed by atoms with van der Waals surface area (Å²) in [6.45, 7) is 1.47. The summed E-state index contributed by atoms with van der Waals surface area (Å²) in [4.78, 5) is 12.2. The molecule has 0 saturated carbocycles. The number of carboxylic acid groups (broad SMARTS) is 1. The van der Waals surface area contributed by atoms with Gasteiger partial charge in [-0.05, 0) is 6.42 Å². The molecule has 1 rings (SSSR count). The molecule has 0 radical (unpaired) electrons. The van der Waals surface area contributed by atoms with Crippen molar-refractivity contribution in [1.29, 1.82) is 0 Å². The van der Waals surface area contributed by atoms with Crippen LogP contribution in [0.25, 0.3) is 0 Å². The Morgan fingerprint density at radius 2 is 2.50 bits per heavy atom. The minimum absolute atomic E-state index is 0.181. The molecule has 12 heavy (non-hydrogen) atoms. The maximum Gasteiger partial charge on any atom is 0.305 e. The van der Waals surface area contributed by atoms with Crippen molar-refractivity contribution in [2.45, 2.75) is 12.8 Å². The lowest BCUT2D eigenvalue weighted by molar-refractivity contribution is -0.137. The fourth-order valence-corrected chi connectivity index (χ4v) is 2.28. The lowest BCUT2D eigenvalue weighted by Gasteiger charge is -2.27. The van der Waals surface area contributed by atoms with Crippen LogP contribution in [0.3, 0.4) is 0 Å². The van der Waals surface area contributed by atoms with Gasteiger partial charge in [0.05, 0.1) is 6.42 Å². The lowest BCUT2D eigenvalue weighted by atomic mass is 10.3. The van der Waals surface area contributed by atoms with E-state index in [4.69, 9.17) is 17.3 Å². The van der Waals surface area contributed by atoms with Gasteiger partial charge >= 0.3 is 5.97 Å². The Balaban J connectivity index is 2.29. The summed E-state index contributed by atoms with van der Waals surface area (Å²) >= 11 is 6.72. The molecular formula is C7H11NO2S2. The van der Waals surface area contributed by atoms with Gasteiger partial charge in [0.25, 0.3) is 0 Å². The van der Waals surface area contributed by atoms with Gasteiger partial charge in [0.1, 0.15) is 4.32 Å². The first-order valence-electron chi connectivity index (χ1n) is 3.83. The van der Waals surface area contributed by atoms with Crippen LogP contribution in [0.2, 0.25) is 0 Å². The summed E-state index contributed by atoms with van der Waals surface area (Å²) in [6, 6.07) is 0. The molecule has 1 N–H and O–H groups in total. The molecule has 0 aromatic carbocycles. The number of aliphatic carboxylic acids is 1. The third kappa shape index (κ3) is 2.98. The van der Waals surface area contributed by atoms with Gasteiger partial charge in [-0.2, -0.15) is 0 Å². The van der Waals surface area contributed by atoms with Crippen molar-refractivity contribution in [2.24, 2.45) is 0 Å². The smallest absolute Gasteiger partial charge is 0.305 e. The second-order valence-corrected chi connectivity index (χ2v) is 4.33. The molecular weight excluding hydrogens is 194 g/mol. The molecule has 1 heterocycles. The van der Waals surface area contributed by atoms with E-state index in [0.717, 1.165) is 23.0 Å². The van der Waals surface area contributed by atoms with E-state index in [1.165, 1.54) is 0 Å². The van der Waals surface area contributed by atoms with Gasteiger partial charge in [-0.25, -0.2) is 0 Å². The molecule has 0 aromatic rings. The molecule has 0 spiro atoms. The van der Waals surface area contributed by atoms with E-state index in [2.05, 4.69) is 0 Å². The summed E-state index contributed by atoms with van der Waals surface area (Å²) < 4.78 is 0.850. The molecule has 1 saturated heterocycles. The highest BCUT2D eigenvalue weighted by Gasteiger charge is 2.15. The number of thioether (sulfide) groups is 1. The van der Waals surface area contributed by atoms with Crippen LogP contribution in [0, 0.1) is 0 Å². The van der Waals surface area contributed by atoms with E-state index < -0.39 is 5.97 Å². The zero-order valence-electron chi connectivity index (χ0n) is 6.65. The largest absolute Gasteiger partial charge is 0.481 e. The molecule has 5 heteroatoms. The molecule has 0 amide bonds. The summed E-state index contributed by atoms with van der Waals surface area (Å²) in [5, 5.41) is 8.45. The van der Waals surface area contributed by atoms with E-state index in [-0.39, 0.29) is 6.42 Å². The SMILES string of the molecule is O=C(O)CCN1CCCSC1=S. The second-order valence-electron chi connectivity index (χ2n) is 2.60. The third-order valence-corrected chi connectivity index (χ3v) is 3.26. The lowest BCUT2D eigenvalue weighted by Crippen LogP contribution is -2.34. The molecule has 0 unspecified atom stereocenters. The van der Waals surface area contributed by atoms with Crippen LogP contribution in [0.4, 0.5) is 0 Å². The van der Waals surface area contributed by atoms with Crippen LogP contribution < -0.4 is 0 Å². The number of carbonyl (C=O) groups is 1. The van der Waals surface area contributed by atoms with Crippen molar-refractivity contribution in [2.75, 3.05) is 18.8 Å². The molecule has 1 aliphatic rings. The van der Waals surface area contributed by atoms with Crippen molar-refractivity contribution in [3.8, 4) is 0 Å². The van der Waals surface area contributed by atoms with Gasteiger partial charge in [0.15, 0.2) is 0 Å². The first-order valence-corrected chi connectivity index (χ1v) is 5.23. The summed E-state index contributed by atoms with van der Waals surface area (Å²) in [5.41, 5.74) is 0. The molecule has 0 bridgehead atoms. The number of nitrogens with zero attached hydrogens (tertiary/aromatic N) is 1. The van der Waals surface area contributed by atoms with Crippen LogP contribution in [-0.2, 0) is 4.79 Å². The van der Waals surface area contributed by atoms with E-state index in [9.17, 15) is 4.79 Å². The zero-order chi connectivity index (χ0) is 8.97. The standard InChI is InChI=1S/C7H11NO2S2/c9-6(10)2-4-8-3-1-5-12-7(8)11/h1-5H2,(H,9,10). The summed E-state index contributed by atoms with van der Waals surface area (Å²) in [7, 11) is 0. The van der Waals surface area contributed by atoms with Crippen LogP contribution in [0.1, 0.15) is 12.8 Å². The minimum atomic E-state index is -0.756. The fraction of sp³-hybridized carbons (Fsp3) is 0.714. The number of hydrogen-bond donors (Lipinski definition) is 1. The topological polar surface area (TPSA) is 40.5 Å². The molecule has 0 aromatic heterocycles. The monoisotopic (exact) mass is 205 g/mol. The highest BCUT2D eigenvalue weighted by Crippen LogP contribution is 2.17. The molecule has 3 nitrogen and oxygen atoms in total. The average Bonchev–Trinajstić information content (AvgIpc) is 2.03. The van der Waals surface area contributed by atoms with E-state index in [0.29, 0.717) is 6.54 Å². The highest BCUT2D eigenvalue weighted by atomic mass is 32.2. The minimum Gasteiger partial charge on any atom is -0.481 e. The average molecular weight is 205 g/mol. The maximum absolute atomic E-state index is 10.3. The molecule has 0 aliphatic carbocycles. The molecule has 0 atom stereocenters. The van der Waals surface area contributed by atoms with E-state index in [1.807, 2.05) is 4.90 Å². The zero-order valence-corrected chi connectivity index (χ0v) is 8.29. The molecule has 1 fully saturated rings. The normalized spacial score (nSPS) is 18.0. The number of hydrogen-bond acceptors (Lipinski definition) is 3. The van der Waals surface area contributed by atoms with Gasteiger partial charge in [-0.1, -0.05) is 24.0 Å². The van der Waals surface area contributed by atoms with Crippen LogP contribution in [-0.4, -0.2) is 39.1 Å². The Morgan fingerprint density at radius 3 is 3.08 bits per heavy atom. The quantitative estimate of drug-likeness (QED) is 0.701. The van der Waals surface area contributed by atoms with Gasteiger partial charge in [0, 0.05) is 18.8 Å². The van der Waals surface area contributed by atoms with Crippen LogP contribution in [0.5, 0.6) is 0 Å². The van der Waals surface area contributed by atoms with Gasteiger partial charge in [-0.15, -0.1) is 0 Å². The van der Waals surface area contributed by atoms with Gasteiger partial charge in [-0.3, -0.25) is 4.79 Å². The van der Waals surface area contributed by atoms with Crippen molar-refractivity contribution in [3.05, 3.63) is 0 Å². The third-order valence-electron chi connectivity index (χ3n) is 1.65. The van der Waals surface area contributed by atoms with Crippen molar-refractivity contribution >= 4 is 34.3 Å². The Hall–Kier alpha value is -0.290. The first-order chi connectivity index (χ1) is 5.70. The molecule has 68 valence electrons. The summed E-state index contributed by atoms with van der Waals surface area (Å²) in [6.07, 6.45) is 1.28. The first kappa shape index (κ1) is 9.80. The number of rotatable bonds is 3. The van der Waals surface area contributed by atoms with Crippen molar-refractivity contribution < 1.29 is 9.90 Å². The number of carboxylic acids is 1. The highest BCUT2D eigenvalue weighted by molar-refractivity contribution is 8.22. The van der Waals surface area contributed by atoms with E-state index >= 15 is 0 Å². The van der Waals surface area contributed by atoms with Crippen LogP contribution >= 0.6 is 24.0 Å². The van der Waals surface area contributed by atoms with Gasteiger partial charge < -0.3 is 10.0 Å². The Morgan fingerprint density at radius 1 is 1.75 bits per heavy atom. The Labute approximate surface area is 81.1 Å². The Bertz CT molecular complexity index is 196. The number of thiocarbonyl (C=S) groups is 1. The van der Waals surface area contributed by atoms with E-state index in [1.54, 1.807) is 11.8 Å².